The molecule has 2 aromatic heterocycles. The van der Waals surface area contributed by atoms with Gasteiger partial charge in [0.05, 0.1) is 24.1 Å². The number of nitrogens with zero attached hydrogens (tertiary/aromatic N) is 2. The predicted octanol–water partition coefficient (Wildman–Crippen LogP) is 4.17. The lowest BCUT2D eigenvalue weighted by Crippen LogP contribution is -2.26. The van der Waals surface area contributed by atoms with Crippen LogP contribution in [-0.2, 0) is 4.79 Å². The van der Waals surface area contributed by atoms with Crippen molar-refractivity contribution >= 4 is 44.9 Å². The van der Waals surface area contributed by atoms with E-state index in [9.17, 15) is 9.59 Å². The molecule has 27 heavy (non-hydrogen) atoms. The highest BCUT2D eigenvalue weighted by atomic mass is 32.2. The second kappa shape index (κ2) is 8.58. The third kappa shape index (κ3) is 4.17. The lowest BCUT2D eigenvalue weighted by Gasteiger charge is -2.17. The number of carbonyl (C=O) groups excluding carboxylic acids is 1. The van der Waals surface area contributed by atoms with Gasteiger partial charge in [-0.3, -0.25) is 14.2 Å². The van der Waals surface area contributed by atoms with E-state index in [1.165, 1.54) is 23.1 Å². The number of hydrogen-bond donors (Lipinski definition) is 1. The number of hydrogen-bond acceptors (Lipinski definition) is 6. The van der Waals surface area contributed by atoms with Gasteiger partial charge in [-0.15, -0.1) is 11.3 Å². The van der Waals surface area contributed by atoms with Gasteiger partial charge in [0.1, 0.15) is 10.4 Å². The topological polar surface area (TPSA) is 73.2 Å². The zero-order valence-electron chi connectivity index (χ0n) is 15.4. The minimum absolute atomic E-state index is 0.0104. The van der Waals surface area contributed by atoms with Crippen LogP contribution in [0.4, 0.5) is 5.69 Å². The zero-order valence-corrected chi connectivity index (χ0v) is 17.0. The van der Waals surface area contributed by atoms with Crippen molar-refractivity contribution in [3.05, 3.63) is 46.1 Å². The Morgan fingerprint density at radius 3 is 2.89 bits per heavy atom. The van der Waals surface area contributed by atoms with E-state index in [1.54, 1.807) is 23.8 Å². The molecule has 1 aromatic carbocycles. The number of thiophene rings is 1. The summed E-state index contributed by atoms with van der Waals surface area (Å²) in [5.41, 5.74) is 1.25. The van der Waals surface area contributed by atoms with Gasteiger partial charge >= 0.3 is 0 Å². The van der Waals surface area contributed by atoms with Gasteiger partial charge in [0.15, 0.2) is 5.16 Å². The van der Waals surface area contributed by atoms with Crippen LogP contribution in [-0.4, -0.2) is 28.3 Å². The number of fused-ring (bicyclic) bond motifs is 1. The number of ether oxygens (including phenoxy) is 1. The molecule has 1 amide bonds. The van der Waals surface area contributed by atoms with E-state index in [2.05, 4.69) is 10.3 Å². The molecule has 6 nitrogen and oxygen atoms in total. The molecule has 3 rings (SSSR count). The molecule has 1 N–H and O–H groups in total. The second-order valence-electron chi connectivity index (χ2n) is 6.00. The van der Waals surface area contributed by atoms with Crippen molar-refractivity contribution in [3.8, 4) is 5.75 Å². The summed E-state index contributed by atoms with van der Waals surface area (Å²) in [6, 6.07) is 9.09. The Morgan fingerprint density at radius 1 is 1.37 bits per heavy atom. The van der Waals surface area contributed by atoms with Crippen molar-refractivity contribution < 1.29 is 9.53 Å². The predicted molar refractivity (Wildman–Crippen MR) is 111 cm³/mol. The molecule has 0 fully saturated rings. The number of benzene rings is 1. The molecular weight excluding hydrogens is 382 g/mol. The first-order valence-corrected chi connectivity index (χ1v) is 10.5. The van der Waals surface area contributed by atoms with E-state index in [-0.39, 0.29) is 23.3 Å². The van der Waals surface area contributed by atoms with Crippen LogP contribution in [0.1, 0.15) is 26.3 Å². The lowest BCUT2D eigenvalue weighted by molar-refractivity contribution is -0.113. The van der Waals surface area contributed by atoms with Crippen molar-refractivity contribution in [1.29, 1.82) is 0 Å². The average molecular weight is 404 g/mol. The smallest absolute Gasteiger partial charge is 0.272 e. The van der Waals surface area contributed by atoms with Crippen LogP contribution in [0, 0.1) is 0 Å². The molecule has 0 unspecified atom stereocenters. The van der Waals surface area contributed by atoms with Gasteiger partial charge in [0, 0.05) is 6.04 Å². The Hall–Kier alpha value is -2.32. The number of anilines is 1. The van der Waals surface area contributed by atoms with Gasteiger partial charge in [-0.1, -0.05) is 30.8 Å². The molecule has 1 atom stereocenters. The van der Waals surface area contributed by atoms with E-state index >= 15 is 0 Å². The molecule has 2 heterocycles. The first kappa shape index (κ1) is 19.4. The molecule has 0 aliphatic heterocycles. The number of methoxy groups -OCH3 is 1. The Balaban J connectivity index is 1.82. The molecule has 8 heteroatoms. The molecular formula is C19H21N3O3S2. The minimum atomic E-state index is -0.181. The Bertz CT molecular complexity index is 1010. The molecule has 142 valence electrons. The first-order chi connectivity index (χ1) is 13.0. The van der Waals surface area contributed by atoms with Gasteiger partial charge in [0.2, 0.25) is 5.91 Å². The second-order valence-corrected chi connectivity index (χ2v) is 7.86. The summed E-state index contributed by atoms with van der Waals surface area (Å²) in [6.45, 7) is 4.01. The summed E-state index contributed by atoms with van der Waals surface area (Å²) in [5, 5.41) is 5.27. The van der Waals surface area contributed by atoms with E-state index in [1.807, 2.05) is 37.4 Å². The Labute approximate surface area is 165 Å². The van der Waals surface area contributed by atoms with Crippen LogP contribution in [0.5, 0.6) is 5.75 Å². The monoisotopic (exact) mass is 403 g/mol. The molecule has 0 saturated heterocycles. The molecule has 0 radical (unpaired) electrons. The Morgan fingerprint density at radius 2 is 2.15 bits per heavy atom. The van der Waals surface area contributed by atoms with Crippen molar-refractivity contribution in [2.45, 2.75) is 31.5 Å². The normalized spacial score (nSPS) is 12.1. The number of carbonyl (C=O) groups is 1. The molecule has 0 aliphatic carbocycles. The van der Waals surface area contributed by atoms with E-state index in [4.69, 9.17) is 4.74 Å². The summed E-state index contributed by atoms with van der Waals surface area (Å²) in [5.74, 6) is 0.571. The number of amides is 1. The van der Waals surface area contributed by atoms with Crippen LogP contribution < -0.4 is 15.6 Å². The lowest BCUT2D eigenvalue weighted by atomic mass is 10.2. The van der Waals surface area contributed by atoms with Crippen LogP contribution >= 0.6 is 23.1 Å². The van der Waals surface area contributed by atoms with Crippen LogP contribution in [0.3, 0.4) is 0 Å². The quantitative estimate of drug-likeness (QED) is 0.473. The maximum atomic E-state index is 12.8. The first-order valence-electron chi connectivity index (χ1n) is 8.60. The largest absolute Gasteiger partial charge is 0.495 e. The van der Waals surface area contributed by atoms with E-state index in [0.29, 0.717) is 26.8 Å². The van der Waals surface area contributed by atoms with Crippen molar-refractivity contribution in [1.82, 2.24) is 9.55 Å². The van der Waals surface area contributed by atoms with Crippen molar-refractivity contribution in [3.63, 3.8) is 0 Å². The maximum Gasteiger partial charge on any atom is 0.272 e. The number of aromatic nitrogens is 2. The minimum Gasteiger partial charge on any atom is -0.495 e. The van der Waals surface area contributed by atoms with Crippen molar-refractivity contribution in [2.24, 2.45) is 0 Å². The summed E-state index contributed by atoms with van der Waals surface area (Å²) in [4.78, 5) is 29.8. The van der Waals surface area contributed by atoms with Gasteiger partial charge in [-0.25, -0.2) is 4.98 Å². The van der Waals surface area contributed by atoms with Gasteiger partial charge in [0.25, 0.3) is 5.56 Å². The third-order valence-electron chi connectivity index (χ3n) is 4.22. The summed E-state index contributed by atoms with van der Waals surface area (Å²) in [6.07, 6.45) is 0.805. The summed E-state index contributed by atoms with van der Waals surface area (Å²) >= 11 is 2.66. The van der Waals surface area contributed by atoms with Crippen LogP contribution in [0.15, 0.2) is 45.7 Å². The zero-order chi connectivity index (χ0) is 19.4. The fourth-order valence-corrected chi connectivity index (χ4v) is 4.30. The molecule has 0 saturated carbocycles. The number of thioether (sulfide) groups is 1. The number of nitrogens with one attached hydrogen (secondary N) is 1. The highest BCUT2D eigenvalue weighted by Crippen LogP contribution is 2.26. The van der Waals surface area contributed by atoms with Crippen LogP contribution in [0.25, 0.3) is 10.2 Å². The fourth-order valence-electron chi connectivity index (χ4n) is 2.64. The van der Waals surface area contributed by atoms with E-state index < -0.39 is 0 Å². The van der Waals surface area contributed by atoms with Gasteiger partial charge in [-0.05, 0) is 36.9 Å². The Kier molecular flexibility index (Phi) is 6.18. The molecule has 0 bridgehead atoms. The van der Waals surface area contributed by atoms with Crippen LogP contribution in [0.2, 0.25) is 0 Å². The highest BCUT2D eigenvalue weighted by molar-refractivity contribution is 7.99. The molecule has 0 aliphatic rings. The highest BCUT2D eigenvalue weighted by Gasteiger charge is 2.17. The fraction of sp³-hybridized carbons (Fsp3) is 0.316. The average Bonchev–Trinajstić information content (AvgIpc) is 3.15. The van der Waals surface area contributed by atoms with Gasteiger partial charge < -0.3 is 10.1 Å². The summed E-state index contributed by atoms with van der Waals surface area (Å²) < 4.78 is 7.60. The van der Waals surface area contributed by atoms with Gasteiger partial charge in [-0.2, -0.15) is 0 Å². The third-order valence-corrected chi connectivity index (χ3v) is 6.07. The molecule has 3 aromatic rings. The van der Waals surface area contributed by atoms with E-state index in [0.717, 1.165) is 6.42 Å². The molecule has 0 spiro atoms. The maximum absolute atomic E-state index is 12.8. The van der Waals surface area contributed by atoms with Crippen molar-refractivity contribution in [2.75, 3.05) is 18.2 Å². The SMILES string of the molecule is CC[C@@H](C)n1c(SCC(=O)Nc2ccccc2OC)nc2ccsc2c1=O. The number of rotatable bonds is 7. The standard InChI is InChI=1S/C19H21N3O3S2/c1-4-12(2)22-18(24)17-14(9-10-26-17)21-19(22)27-11-16(23)20-13-7-5-6-8-15(13)25-3/h5-10,12H,4,11H2,1-3H3,(H,20,23)/t12-/m1/s1. The summed E-state index contributed by atoms with van der Waals surface area (Å²) in [7, 11) is 1.56. The number of para-hydroxylation sites is 2.